The number of carbonyl (C=O) groups excluding carboxylic acids is 1. The van der Waals surface area contributed by atoms with Gasteiger partial charge < -0.3 is 19.5 Å². The average molecular weight is 457 g/mol. The quantitative estimate of drug-likeness (QED) is 0.685. The molecule has 32 heavy (non-hydrogen) atoms. The number of ether oxygens (including phenoxy) is 2. The molecular formula is C24H28N2O5S. The molecule has 1 aromatic heterocycles. The number of hydrogen-bond acceptors (Lipinski definition) is 6. The highest BCUT2D eigenvalue weighted by atomic mass is 32.1. The number of aliphatic imine (C=N–C) groups is 1. The first-order valence-electron chi connectivity index (χ1n) is 10.8. The number of carboxylic acid groups (broad SMARTS) is 1. The van der Waals surface area contributed by atoms with Crippen LogP contribution in [0.5, 0.6) is 11.5 Å². The van der Waals surface area contributed by atoms with E-state index in [4.69, 9.17) is 14.5 Å². The molecule has 1 amide bonds. The Hall–Kier alpha value is -2.87. The molecule has 4 rings (SSSR count). The summed E-state index contributed by atoms with van der Waals surface area (Å²) in [4.78, 5) is 31.8. The lowest BCUT2D eigenvalue weighted by atomic mass is 9.78. The Labute approximate surface area is 191 Å². The van der Waals surface area contributed by atoms with Crippen LogP contribution in [0.25, 0.3) is 0 Å². The lowest BCUT2D eigenvalue weighted by Gasteiger charge is -2.38. The number of amides is 1. The maximum absolute atomic E-state index is 12.9. The van der Waals surface area contributed by atoms with Gasteiger partial charge in [0, 0.05) is 37.3 Å². The number of piperidine rings is 1. The SMILES string of the molecule is COc1cc2c(cc1OC)C(C[C@H]1CN(C(=O)c3cccs3)CC[C@H]1CC(=O)O)=NCC2. The van der Waals surface area contributed by atoms with E-state index in [0.29, 0.717) is 44.0 Å². The van der Waals surface area contributed by atoms with Gasteiger partial charge in [0.2, 0.25) is 0 Å². The van der Waals surface area contributed by atoms with Gasteiger partial charge in [-0.25, -0.2) is 0 Å². The van der Waals surface area contributed by atoms with Crippen molar-refractivity contribution in [2.24, 2.45) is 16.8 Å². The summed E-state index contributed by atoms with van der Waals surface area (Å²) in [6.07, 6.45) is 2.25. The van der Waals surface area contributed by atoms with Gasteiger partial charge >= 0.3 is 5.97 Å². The summed E-state index contributed by atoms with van der Waals surface area (Å²) >= 11 is 1.44. The van der Waals surface area contributed by atoms with E-state index in [-0.39, 0.29) is 24.2 Å². The number of carboxylic acids is 1. The first-order chi connectivity index (χ1) is 15.5. The number of fused-ring (bicyclic) bond motifs is 1. The van der Waals surface area contributed by atoms with Crippen molar-refractivity contribution in [1.29, 1.82) is 0 Å². The highest BCUT2D eigenvalue weighted by Crippen LogP contribution is 2.36. The van der Waals surface area contributed by atoms with Gasteiger partial charge in [-0.3, -0.25) is 14.6 Å². The maximum Gasteiger partial charge on any atom is 0.303 e. The number of rotatable bonds is 7. The fourth-order valence-corrected chi connectivity index (χ4v) is 5.45. The number of hydrogen-bond donors (Lipinski definition) is 1. The van der Waals surface area contributed by atoms with E-state index in [2.05, 4.69) is 0 Å². The molecule has 0 saturated carbocycles. The predicted octanol–water partition coefficient (Wildman–Crippen LogP) is 3.75. The standard InChI is InChI=1S/C24H28N2O5S/c1-30-20-11-16-5-7-25-19(18(16)13-21(20)31-2)10-17-14-26(8-6-15(17)12-23(27)28)24(29)22-4-3-9-32-22/h3-4,9,11,13,15,17H,5-8,10,12,14H2,1-2H3,(H,27,28)/t15-,17-/m0/s1. The van der Waals surface area contributed by atoms with Crippen molar-refractivity contribution < 1.29 is 24.2 Å². The Balaban J connectivity index is 1.59. The minimum atomic E-state index is -0.796. The largest absolute Gasteiger partial charge is 0.493 e. The third-order valence-corrected chi connectivity index (χ3v) is 7.26. The Morgan fingerprint density at radius 3 is 2.69 bits per heavy atom. The molecule has 1 N–H and O–H groups in total. The number of likely N-dealkylation sites (tertiary alicyclic amines) is 1. The van der Waals surface area contributed by atoms with Crippen LogP contribution >= 0.6 is 11.3 Å². The van der Waals surface area contributed by atoms with Gasteiger partial charge in [-0.15, -0.1) is 11.3 Å². The van der Waals surface area contributed by atoms with Crippen LogP contribution in [0.3, 0.4) is 0 Å². The molecule has 2 atom stereocenters. The van der Waals surface area contributed by atoms with Crippen LogP contribution in [0, 0.1) is 11.8 Å². The van der Waals surface area contributed by atoms with Gasteiger partial charge in [0.05, 0.1) is 19.1 Å². The van der Waals surface area contributed by atoms with E-state index in [0.717, 1.165) is 28.1 Å². The summed E-state index contributed by atoms with van der Waals surface area (Å²) in [5.74, 6) is 0.615. The second-order valence-electron chi connectivity index (χ2n) is 8.28. The molecule has 1 fully saturated rings. The van der Waals surface area contributed by atoms with E-state index >= 15 is 0 Å². The van der Waals surface area contributed by atoms with Crippen LogP contribution in [0.2, 0.25) is 0 Å². The van der Waals surface area contributed by atoms with E-state index in [9.17, 15) is 14.7 Å². The number of aliphatic carboxylic acids is 1. The van der Waals surface area contributed by atoms with Crippen LogP contribution in [-0.4, -0.2) is 61.4 Å². The van der Waals surface area contributed by atoms with Crippen molar-refractivity contribution in [3.8, 4) is 11.5 Å². The molecule has 2 aliphatic heterocycles. The lowest BCUT2D eigenvalue weighted by molar-refractivity contribution is -0.138. The normalized spacial score (nSPS) is 20.3. The van der Waals surface area contributed by atoms with Gasteiger partial charge in [-0.05, 0) is 60.2 Å². The Morgan fingerprint density at radius 2 is 2.00 bits per heavy atom. The van der Waals surface area contributed by atoms with Gasteiger partial charge in [-0.1, -0.05) is 6.07 Å². The molecule has 2 aliphatic rings. The van der Waals surface area contributed by atoms with Crippen LogP contribution in [0.1, 0.15) is 40.1 Å². The molecule has 0 radical (unpaired) electrons. The monoisotopic (exact) mass is 456 g/mol. The Kier molecular flexibility index (Phi) is 6.79. The topological polar surface area (TPSA) is 88.4 Å². The minimum Gasteiger partial charge on any atom is -0.493 e. The summed E-state index contributed by atoms with van der Waals surface area (Å²) in [5, 5.41) is 11.4. The fraction of sp³-hybridized carbons (Fsp3) is 0.458. The zero-order valence-electron chi connectivity index (χ0n) is 18.4. The molecule has 0 spiro atoms. The van der Waals surface area contributed by atoms with Crippen molar-refractivity contribution in [2.45, 2.75) is 25.7 Å². The smallest absolute Gasteiger partial charge is 0.303 e. The first-order valence-corrected chi connectivity index (χ1v) is 11.7. The number of methoxy groups -OCH3 is 2. The highest BCUT2D eigenvalue weighted by Gasteiger charge is 2.35. The number of carbonyl (C=O) groups is 2. The van der Waals surface area contributed by atoms with Crippen molar-refractivity contribution in [3.63, 3.8) is 0 Å². The summed E-state index contributed by atoms with van der Waals surface area (Å²) in [7, 11) is 3.24. The third kappa shape index (κ3) is 4.65. The Bertz CT molecular complexity index is 1020. The van der Waals surface area contributed by atoms with Gasteiger partial charge in [0.15, 0.2) is 11.5 Å². The van der Waals surface area contributed by atoms with Gasteiger partial charge in [0.1, 0.15) is 0 Å². The molecule has 1 aromatic carbocycles. The number of benzene rings is 1. The predicted molar refractivity (Wildman–Crippen MR) is 123 cm³/mol. The van der Waals surface area contributed by atoms with Gasteiger partial charge in [-0.2, -0.15) is 0 Å². The van der Waals surface area contributed by atoms with Crippen molar-refractivity contribution >= 4 is 28.9 Å². The summed E-state index contributed by atoms with van der Waals surface area (Å²) < 4.78 is 10.9. The molecular weight excluding hydrogens is 428 g/mol. The summed E-state index contributed by atoms with van der Waals surface area (Å²) in [6, 6.07) is 7.69. The number of nitrogens with zero attached hydrogens (tertiary/aromatic N) is 2. The number of thiophene rings is 1. The summed E-state index contributed by atoms with van der Waals surface area (Å²) in [6.45, 7) is 1.81. The Morgan fingerprint density at radius 1 is 1.22 bits per heavy atom. The van der Waals surface area contributed by atoms with Crippen LogP contribution in [-0.2, 0) is 11.2 Å². The molecule has 3 heterocycles. The maximum atomic E-state index is 12.9. The molecule has 2 aromatic rings. The first kappa shape index (κ1) is 22.3. The van der Waals surface area contributed by atoms with Crippen LogP contribution in [0.4, 0.5) is 0 Å². The van der Waals surface area contributed by atoms with E-state index < -0.39 is 5.97 Å². The second kappa shape index (κ2) is 9.73. The van der Waals surface area contributed by atoms with Crippen molar-refractivity contribution in [2.75, 3.05) is 33.9 Å². The highest BCUT2D eigenvalue weighted by molar-refractivity contribution is 7.12. The third-order valence-electron chi connectivity index (χ3n) is 6.41. The molecule has 1 saturated heterocycles. The van der Waals surface area contributed by atoms with Gasteiger partial charge in [0.25, 0.3) is 5.91 Å². The van der Waals surface area contributed by atoms with Crippen LogP contribution in [0.15, 0.2) is 34.6 Å². The van der Waals surface area contributed by atoms with E-state index in [1.807, 2.05) is 34.5 Å². The van der Waals surface area contributed by atoms with E-state index in [1.54, 1.807) is 14.2 Å². The van der Waals surface area contributed by atoms with Crippen molar-refractivity contribution in [1.82, 2.24) is 4.90 Å². The van der Waals surface area contributed by atoms with E-state index in [1.165, 1.54) is 11.3 Å². The minimum absolute atomic E-state index is 0.00751. The molecule has 170 valence electrons. The zero-order valence-corrected chi connectivity index (χ0v) is 19.2. The lowest BCUT2D eigenvalue weighted by Crippen LogP contribution is -2.45. The van der Waals surface area contributed by atoms with Crippen LogP contribution < -0.4 is 9.47 Å². The molecule has 0 bridgehead atoms. The summed E-state index contributed by atoms with van der Waals surface area (Å²) in [5.41, 5.74) is 3.15. The molecule has 7 nitrogen and oxygen atoms in total. The van der Waals surface area contributed by atoms with Crippen molar-refractivity contribution in [3.05, 3.63) is 45.6 Å². The second-order valence-corrected chi connectivity index (χ2v) is 9.23. The fourth-order valence-electron chi connectivity index (χ4n) is 4.76. The zero-order chi connectivity index (χ0) is 22.7. The molecule has 8 heteroatoms. The molecule has 0 unspecified atom stereocenters. The average Bonchev–Trinajstić information content (AvgIpc) is 3.33. The molecule has 0 aliphatic carbocycles.